The van der Waals surface area contributed by atoms with E-state index in [0.29, 0.717) is 6.42 Å². The molecule has 0 radical (unpaired) electrons. The Morgan fingerprint density at radius 2 is 1.91 bits per heavy atom. The van der Waals surface area contributed by atoms with Crippen molar-refractivity contribution in [3.63, 3.8) is 0 Å². The first kappa shape index (κ1) is 14.5. The molecule has 22 heavy (non-hydrogen) atoms. The Kier molecular flexibility index (Phi) is 3.81. The molecule has 1 aliphatic rings. The maximum absolute atomic E-state index is 13.5. The Balaban J connectivity index is 1.63. The second-order valence-electron chi connectivity index (χ2n) is 5.48. The monoisotopic (exact) mass is 300 g/mol. The molecule has 2 amide bonds. The van der Waals surface area contributed by atoms with Crippen molar-refractivity contribution < 1.29 is 14.3 Å². The second kappa shape index (κ2) is 5.77. The van der Waals surface area contributed by atoms with Crippen LogP contribution < -0.4 is 10.6 Å². The lowest BCUT2D eigenvalue weighted by Gasteiger charge is -2.24. The van der Waals surface area contributed by atoms with Crippen LogP contribution in [0.3, 0.4) is 0 Å². The minimum Gasteiger partial charge on any atom is -0.383 e. The van der Waals surface area contributed by atoms with Gasteiger partial charge in [0.15, 0.2) is 0 Å². The largest absolute Gasteiger partial charge is 0.383 e. The fourth-order valence-corrected chi connectivity index (χ4v) is 2.81. The third-order valence-electron chi connectivity index (χ3n) is 3.99. The fourth-order valence-electron chi connectivity index (χ4n) is 2.81. The van der Waals surface area contributed by atoms with Crippen LogP contribution in [0.1, 0.15) is 17.5 Å². The van der Waals surface area contributed by atoms with Gasteiger partial charge in [-0.2, -0.15) is 0 Å². The molecule has 3 rings (SSSR count). The summed E-state index contributed by atoms with van der Waals surface area (Å²) in [4.78, 5) is 11.9. The van der Waals surface area contributed by atoms with Crippen molar-refractivity contribution in [2.45, 2.75) is 18.4 Å². The highest BCUT2D eigenvalue weighted by Crippen LogP contribution is 2.36. The highest BCUT2D eigenvalue weighted by Gasteiger charge is 2.36. The molecule has 2 aromatic carbocycles. The maximum atomic E-state index is 13.5. The van der Waals surface area contributed by atoms with Crippen LogP contribution in [0.2, 0.25) is 0 Å². The fraction of sp³-hybridized carbons (Fsp3) is 0.235. The van der Waals surface area contributed by atoms with Gasteiger partial charge in [-0.1, -0.05) is 36.4 Å². The summed E-state index contributed by atoms with van der Waals surface area (Å²) in [6.45, 7) is 0.0876. The summed E-state index contributed by atoms with van der Waals surface area (Å²) in [7, 11) is 0. The summed E-state index contributed by atoms with van der Waals surface area (Å²) in [6.07, 6.45) is 1.34. The van der Waals surface area contributed by atoms with Crippen molar-refractivity contribution in [2.75, 3.05) is 11.9 Å². The number of halogens is 1. The van der Waals surface area contributed by atoms with Crippen molar-refractivity contribution >= 4 is 11.7 Å². The third kappa shape index (κ3) is 2.80. The summed E-state index contributed by atoms with van der Waals surface area (Å²) in [5.41, 5.74) is 0.990. The Hall–Kier alpha value is -2.40. The van der Waals surface area contributed by atoms with Crippen molar-refractivity contribution in [2.24, 2.45) is 0 Å². The zero-order valence-corrected chi connectivity index (χ0v) is 12.0. The van der Waals surface area contributed by atoms with Gasteiger partial charge in [0.25, 0.3) is 0 Å². The lowest BCUT2D eigenvalue weighted by Crippen LogP contribution is -2.41. The van der Waals surface area contributed by atoms with Gasteiger partial charge in [0.05, 0.1) is 12.2 Å². The van der Waals surface area contributed by atoms with E-state index in [1.165, 1.54) is 12.1 Å². The average Bonchev–Trinajstić information content (AvgIpc) is 2.86. The molecule has 0 aliphatic heterocycles. The Labute approximate surface area is 128 Å². The predicted molar refractivity (Wildman–Crippen MR) is 82.1 cm³/mol. The molecule has 2 aromatic rings. The van der Waals surface area contributed by atoms with Gasteiger partial charge in [-0.15, -0.1) is 0 Å². The van der Waals surface area contributed by atoms with E-state index in [-0.39, 0.29) is 12.2 Å². The van der Waals surface area contributed by atoms with E-state index in [4.69, 9.17) is 0 Å². The van der Waals surface area contributed by atoms with Crippen molar-refractivity contribution in [3.05, 3.63) is 65.5 Å². The Morgan fingerprint density at radius 1 is 1.18 bits per heavy atom. The van der Waals surface area contributed by atoms with Crippen molar-refractivity contribution in [3.8, 4) is 0 Å². The molecule has 4 nitrogen and oxygen atoms in total. The number of urea groups is 1. The number of para-hydroxylation sites is 1. The first-order valence-electron chi connectivity index (χ1n) is 7.19. The summed E-state index contributed by atoms with van der Waals surface area (Å²) in [5, 5.41) is 15.8. The lowest BCUT2D eigenvalue weighted by atomic mass is 9.96. The van der Waals surface area contributed by atoms with E-state index < -0.39 is 17.4 Å². The summed E-state index contributed by atoms with van der Waals surface area (Å²) < 4.78 is 13.5. The number of nitrogens with one attached hydrogen (secondary N) is 2. The van der Waals surface area contributed by atoms with Gasteiger partial charge in [-0.25, -0.2) is 9.18 Å². The standard InChI is InChI=1S/C17H17FN2O2/c18-14-7-3-4-8-15(14)20-16(21)19-11-17(22)10-9-12-5-1-2-6-13(12)17/h1-8,22H,9-11H2,(H2,19,20,21). The number of carbonyl (C=O) groups excluding carboxylic acids is 1. The minimum atomic E-state index is -1.07. The van der Waals surface area contributed by atoms with Crippen LogP contribution in [0.25, 0.3) is 0 Å². The maximum Gasteiger partial charge on any atom is 0.319 e. The number of anilines is 1. The van der Waals surface area contributed by atoms with E-state index in [1.54, 1.807) is 12.1 Å². The van der Waals surface area contributed by atoms with Gasteiger partial charge < -0.3 is 15.7 Å². The lowest BCUT2D eigenvalue weighted by molar-refractivity contribution is 0.0417. The predicted octanol–water partition coefficient (Wildman–Crippen LogP) is 2.78. The molecule has 114 valence electrons. The summed E-state index contributed by atoms with van der Waals surface area (Å²) in [6, 6.07) is 13.1. The topological polar surface area (TPSA) is 61.4 Å². The number of aryl methyl sites for hydroxylation is 1. The molecule has 0 fully saturated rings. The molecule has 0 heterocycles. The zero-order valence-electron chi connectivity index (χ0n) is 12.0. The van der Waals surface area contributed by atoms with E-state index in [0.717, 1.165) is 17.5 Å². The molecule has 0 spiro atoms. The first-order valence-corrected chi connectivity index (χ1v) is 7.19. The number of fused-ring (bicyclic) bond motifs is 1. The molecule has 3 N–H and O–H groups in total. The molecule has 1 unspecified atom stereocenters. The molecular weight excluding hydrogens is 283 g/mol. The number of hydrogen-bond acceptors (Lipinski definition) is 2. The number of benzene rings is 2. The van der Waals surface area contributed by atoms with Crippen LogP contribution >= 0.6 is 0 Å². The molecule has 0 saturated carbocycles. The molecule has 0 saturated heterocycles. The van der Waals surface area contributed by atoms with Gasteiger partial charge in [-0.05, 0) is 36.1 Å². The number of aliphatic hydroxyl groups is 1. The molecule has 0 bridgehead atoms. The van der Waals surface area contributed by atoms with Crippen LogP contribution in [-0.2, 0) is 12.0 Å². The van der Waals surface area contributed by atoms with Crippen molar-refractivity contribution in [1.29, 1.82) is 0 Å². The van der Waals surface area contributed by atoms with Crippen LogP contribution in [0, 0.1) is 5.82 Å². The number of hydrogen-bond donors (Lipinski definition) is 3. The van der Waals surface area contributed by atoms with E-state index in [2.05, 4.69) is 10.6 Å². The van der Waals surface area contributed by atoms with Gasteiger partial charge in [-0.3, -0.25) is 0 Å². The Bertz CT molecular complexity index is 705. The average molecular weight is 300 g/mol. The quantitative estimate of drug-likeness (QED) is 0.816. The van der Waals surface area contributed by atoms with Crippen LogP contribution in [0.15, 0.2) is 48.5 Å². The van der Waals surface area contributed by atoms with Gasteiger partial charge in [0, 0.05) is 0 Å². The van der Waals surface area contributed by atoms with E-state index >= 15 is 0 Å². The minimum absolute atomic E-state index is 0.0876. The molecule has 1 aliphatic carbocycles. The third-order valence-corrected chi connectivity index (χ3v) is 3.99. The van der Waals surface area contributed by atoms with Gasteiger partial charge >= 0.3 is 6.03 Å². The normalized spacial score (nSPS) is 19.5. The molecular formula is C17H17FN2O2. The summed E-state index contributed by atoms with van der Waals surface area (Å²) in [5.74, 6) is -0.498. The number of amides is 2. The van der Waals surface area contributed by atoms with Crippen LogP contribution in [0.4, 0.5) is 14.9 Å². The number of carbonyl (C=O) groups is 1. The second-order valence-corrected chi connectivity index (χ2v) is 5.48. The highest BCUT2D eigenvalue weighted by atomic mass is 19.1. The number of rotatable bonds is 3. The molecule has 0 aromatic heterocycles. The summed E-state index contributed by atoms with van der Waals surface area (Å²) >= 11 is 0. The zero-order chi connectivity index (χ0) is 15.6. The SMILES string of the molecule is O=C(NCC1(O)CCc2ccccc21)Nc1ccccc1F. The van der Waals surface area contributed by atoms with Crippen LogP contribution in [-0.4, -0.2) is 17.7 Å². The molecule has 5 heteroatoms. The first-order chi connectivity index (χ1) is 10.6. The smallest absolute Gasteiger partial charge is 0.319 e. The molecule has 1 atom stereocenters. The van der Waals surface area contributed by atoms with E-state index in [9.17, 15) is 14.3 Å². The Morgan fingerprint density at radius 3 is 2.73 bits per heavy atom. The van der Waals surface area contributed by atoms with E-state index in [1.807, 2.05) is 24.3 Å². The van der Waals surface area contributed by atoms with Crippen molar-refractivity contribution in [1.82, 2.24) is 5.32 Å². The van der Waals surface area contributed by atoms with Crippen LogP contribution in [0.5, 0.6) is 0 Å². The van der Waals surface area contributed by atoms with Gasteiger partial charge in [0.2, 0.25) is 0 Å². The van der Waals surface area contributed by atoms with Gasteiger partial charge in [0.1, 0.15) is 11.4 Å². The highest BCUT2D eigenvalue weighted by molar-refractivity contribution is 5.89.